The van der Waals surface area contributed by atoms with Crippen LogP contribution in [0.1, 0.15) is 6.92 Å². The first kappa shape index (κ1) is 21.0. The quantitative estimate of drug-likeness (QED) is 0.419. The van der Waals surface area contributed by atoms with Gasteiger partial charge in [-0.2, -0.15) is 18.3 Å². The molecular formula is C15H15ClF3N5O2S. The van der Waals surface area contributed by atoms with Gasteiger partial charge in [0.2, 0.25) is 5.04 Å². The molecule has 0 aliphatic rings. The predicted molar refractivity (Wildman–Crippen MR) is 97.4 cm³/mol. The third-order valence-electron chi connectivity index (χ3n) is 3.14. The molecule has 0 N–H and O–H groups in total. The molecule has 0 spiro atoms. The summed E-state index contributed by atoms with van der Waals surface area (Å²) in [4.78, 5) is 22.4. The largest absolute Gasteiger partial charge is 0.398 e. The number of halogens is 4. The Hall–Kier alpha value is -2.27. The lowest BCUT2D eigenvalue weighted by atomic mass is 10.4. The van der Waals surface area contributed by atoms with Crippen LogP contribution >= 0.6 is 23.4 Å². The summed E-state index contributed by atoms with van der Waals surface area (Å²) in [7, 11) is 1.14. The molecule has 2 rings (SSSR count). The highest BCUT2D eigenvalue weighted by atomic mass is 35.5. The van der Waals surface area contributed by atoms with Gasteiger partial charge in [-0.3, -0.25) is 9.78 Å². The maximum absolute atomic E-state index is 12.7. The van der Waals surface area contributed by atoms with Crippen LogP contribution in [0, 0.1) is 0 Å². The lowest BCUT2D eigenvalue weighted by molar-refractivity contribution is -0.112. The number of thioether (sulfide) groups is 1. The lowest BCUT2D eigenvalue weighted by Crippen LogP contribution is -2.36. The minimum atomic E-state index is -4.46. The molecule has 2 aromatic heterocycles. The number of oxime groups is 1. The smallest absolute Gasteiger partial charge is 0.398 e. The Labute approximate surface area is 162 Å². The fraction of sp³-hybridized carbons (Fsp3) is 0.333. The molecule has 0 aromatic carbocycles. The van der Waals surface area contributed by atoms with Gasteiger partial charge in [-0.25, -0.2) is 4.68 Å². The van der Waals surface area contributed by atoms with Crippen molar-refractivity contribution in [1.29, 1.82) is 0 Å². The van der Waals surface area contributed by atoms with Gasteiger partial charge in [-0.1, -0.05) is 28.5 Å². The fourth-order valence-electron chi connectivity index (χ4n) is 2.05. The Kier molecular flexibility index (Phi) is 7.08. The molecule has 0 saturated heterocycles. The van der Waals surface area contributed by atoms with E-state index >= 15 is 0 Å². The molecule has 2 heterocycles. The van der Waals surface area contributed by atoms with Gasteiger partial charge in [0.05, 0.1) is 23.8 Å². The number of pyridine rings is 1. The van der Waals surface area contributed by atoms with Crippen molar-refractivity contribution in [2.75, 3.05) is 24.3 Å². The van der Waals surface area contributed by atoms with Crippen molar-refractivity contribution >= 4 is 40.0 Å². The minimum Gasteiger partial charge on any atom is -0.398 e. The summed E-state index contributed by atoms with van der Waals surface area (Å²) in [5.41, 5.74) is 0.829. The molecule has 27 heavy (non-hydrogen) atoms. The molecule has 146 valence electrons. The van der Waals surface area contributed by atoms with E-state index in [-0.39, 0.29) is 29.1 Å². The molecule has 2 aromatic rings. The van der Waals surface area contributed by atoms with E-state index in [4.69, 9.17) is 11.6 Å². The third-order valence-corrected chi connectivity index (χ3v) is 4.41. The standard InChI is InChI=1S/C15H15ClF3N5O2S/c1-3-23(14(25)13(22-26-2)27-9-15(17,18)19)11-8-24(21-12(11)16)10-5-4-6-20-7-10/h4-8H,3,9H2,1-2H3/b22-13+. The van der Waals surface area contributed by atoms with E-state index in [9.17, 15) is 18.0 Å². The zero-order chi connectivity index (χ0) is 20.0. The molecule has 0 saturated carbocycles. The number of carbonyl (C=O) groups is 1. The number of nitrogens with zero attached hydrogens (tertiary/aromatic N) is 5. The van der Waals surface area contributed by atoms with Gasteiger partial charge in [0.15, 0.2) is 5.15 Å². The van der Waals surface area contributed by atoms with Crippen LogP contribution in [0.25, 0.3) is 5.69 Å². The summed E-state index contributed by atoms with van der Waals surface area (Å²) in [5.74, 6) is -2.05. The molecule has 0 unspecified atom stereocenters. The number of alkyl halides is 3. The van der Waals surface area contributed by atoms with Crippen LogP contribution in [0.5, 0.6) is 0 Å². The zero-order valence-corrected chi connectivity index (χ0v) is 15.8. The van der Waals surface area contributed by atoms with Crippen molar-refractivity contribution in [2.45, 2.75) is 13.1 Å². The fourth-order valence-corrected chi connectivity index (χ4v) is 2.94. The number of carbonyl (C=O) groups excluding carboxylic acids is 1. The maximum Gasteiger partial charge on any atom is 0.398 e. The van der Waals surface area contributed by atoms with E-state index in [2.05, 4.69) is 20.1 Å². The highest BCUT2D eigenvalue weighted by molar-refractivity contribution is 8.15. The Balaban J connectivity index is 2.30. The molecule has 0 bridgehead atoms. The van der Waals surface area contributed by atoms with Crippen molar-refractivity contribution in [3.05, 3.63) is 35.9 Å². The van der Waals surface area contributed by atoms with E-state index in [1.807, 2.05) is 0 Å². The summed E-state index contributed by atoms with van der Waals surface area (Å²) < 4.78 is 38.9. The van der Waals surface area contributed by atoms with Gasteiger partial charge >= 0.3 is 6.18 Å². The lowest BCUT2D eigenvalue weighted by Gasteiger charge is -2.20. The summed E-state index contributed by atoms with van der Waals surface area (Å²) in [5, 5.41) is 7.10. The second-order valence-electron chi connectivity index (χ2n) is 4.99. The van der Waals surface area contributed by atoms with Gasteiger partial charge in [0.25, 0.3) is 5.91 Å². The van der Waals surface area contributed by atoms with Crippen LogP contribution in [0.15, 0.2) is 35.9 Å². The topological polar surface area (TPSA) is 72.6 Å². The number of rotatable bonds is 5. The molecule has 0 atom stereocenters. The molecule has 0 fully saturated rings. The number of amides is 1. The van der Waals surface area contributed by atoms with Gasteiger partial charge in [-0.05, 0) is 19.1 Å². The van der Waals surface area contributed by atoms with Gasteiger partial charge in [-0.15, -0.1) is 0 Å². The van der Waals surface area contributed by atoms with E-state index < -0.39 is 22.9 Å². The van der Waals surface area contributed by atoms with Crippen molar-refractivity contribution in [1.82, 2.24) is 14.8 Å². The average molecular weight is 422 g/mol. The van der Waals surface area contributed by atoms with Crippen LogP contribution < -0.4 is 4.90 Å². The summed E-state index contributed by atoms with van der Waals surface area (Å²) in [6.07, 6.45) is 0.157. The first-order valence-electron chi connectivity index (χ1n) is 7.55. The molecule has 7 nitrogen and oxygen atoms in total. The van der Waals surface area contributed by atoms with Gasteiger partial charge in [0.1, 0.15) is 12.8 Å². The molecule has 1 amide bonds. The molecule has 0 radical (unpaired) electrons. The summed E-state index contributed by atoms with van der Waals surface area (Å²) in [6.45, 7) is 1.78. The average Bonchev–Trinajstić information content (AvgIpc) is 3.01. The number of hydrogen-bond acceptors (Lipinski definition) is 6. The van der Waals surface area contributed by atoms with Crippen molar-refractivity contribution in [2.24, 2.45) is 5.16 Å². The van der Waals surface area contributed by atoms with Crippen LogP contribution in [0.3, 0.4) is 0 Å². The van der Waals surface area contributed by atoms with E-state index in [1.54, 1.807) is 31.5 Å². The first-order chi connectivity index (χ1) is 12.8. The highest BCUT2D eigenvalue weighted by Gasteiger charge is 2.32. The Morgan fingerprint density at radius 2 is 2.22 bits per heavy atom. The van der Waals surface area contributed by atoms with Crippen LogP contribution in [-0.2, 0) is 9.63 Å². The van der Waals surface area contributed by atoms with Crippen molar-refractivity contribution in [3.8, 4) is 5.69 Å². The Morgan fingerprint density at radius 3 is 2.78 bits per heavy atom. The Morgan fingerprint density at radius 1 is 1.48 bits per heavy atom. The third kappa shape index (κ3) is 5.60. The second kappa shape index (κ2) is 9.09. The number of anilines is 1. The molecule has 12 heteroatoms. The minimum absolute atomic E-state index is 0.00615. The SMILES string of the molecule is CCN(C(=O)/C(=N\OC)SCC(F)(F)F)c1cn(-c2cccnc2)nc1Cl. The normalized spacial score (nSPS) is 12.1. The summed E-state index contributed by atoms with van der Waals surface area (Å²) >= 11 is 6.38. The van der Waals surface area contributed by atoms with Crippen molar-refractivity contribution < 1.29 is 22.8 Å². The van der Waals surface area contributed by atoms with Gasteiger partial charge in [0, 0.05) is 12.7 Å². The predicted octanol–water partition coefficient (Wildman–Crippen LogP) is 3.53. The molecule has 0 aliphatic heterocycles. The molecular weight excluding hydrogens is 407 g/mol. The zero-order valence-electron chi connectivity index (χ0n) is 14.3. The van der Waals surface area contributed by atoms with E-state index in [0.717, 1.165) is 7.11 Å². The maximum atomic E-state index is 12.7. The van der Waals surface area contributed by atoms with Crippen molar-refractivity contribution in [3.63, 3.8) is 0 Å². The van der Waals surface area contributed by atoms with Crippen LogP contribution in [0.4, 0.5) is 18.9 Å². The van der Waals surface area contributed by atoms with Crippen LogP contribution in [-0.4, -0.2) is 51.3 Å². The Bertz CT molecular complexity index is 814. The monoisotopic (exact) mass is 421 g/mol. The summed E-state index contributed by atoms with van der Waals surface area (Å²) in [6, 6.07) is 3.43. The highest BCUT2D eigenvalue weighted by Crippen LogP contribution is 2.28. The second-order valence-corrected chi connectivity index (χ2v) is 6.32. The number of hydrogen-bond donors (Lipinski definition) is 0. The van der Waals surface area contributed by atoms with E-state index in [0.29, 0.717) is 5.69 Å². The van der Waals surface area contributed by atoms with Crippen LogP contribution in [0.2, 0.25) is 5.15 Å². The van der Waals surface area contributed by atoms with E-state index in [1.165, 1.54) is 15.8 Å². The molecule has 0 aliphatic carbocycles. The first-order valence-corrected chi connectivity index (χ1v) is 8.91. The number of aromatic nitrogens is 3. The van der Waals surface area contributed by atoms with Gasteiger partial charge < -0.3 is 9.74 Å².